The molecule has 0 unspecified atom stereocenters. The Balaban J connectivity index is 0.000000492. The fourth-order valence-corrected chi connectivity index (χ4v) is 1.79. The summed E-state index contributed by atoms with van der Waals surface area (Å²) in [6, 6.07) is 3.44. The minimum absolute atomic E-state index is 0.0274. The van der Waals surface area contributed by atoms with Crippen LogP contribution in [0.5, 0.6) is 0 Å². The van der Waals surface area contributed by atoms with Crippen LogP contribution in [-0.2, 0) is 11.0 Å². The molecule has 2 aromatic rings. The highest BCUT2D eigenvalue weighted by Crippen LogP contribution is 2.31. The SMILES string of the molecule is CON.Cc1ccc(-c2noc(C(F)(F)F)n2)s1. The highest BCUT2D eigenvalue weighted by molar-refractivity contribution is 7.15. The van der Waals surface area contributed by atoms with Gasteiger partial charge in [0.2, 0.25) is 5.82 Å². The Morgan fingerprint density at radius 2 is 2.00 bits per heavy atom. The van der Waals surface area contributed by atoms with E-state index in [2.05, 4.69) is 25.4 Å². The smallest absolute Gasteiger partial charge is 0.329 e. The number of hydrogen-bond donors (Lipinski definition) is 1. The van der Waals surface area contributed by atoms with Gasteiger partial charge >= 0.3 is 12.1 Å². The largest absolute Gasteiger partial charge is 0.471 e. The minimum atomic E-state index is -4.59. The topological polar surface area (TPSA) is 74.2 Å². The Morgan fingerprint density at radius 3 is 2.39 bits per heavy atom. The predicted molar refractivity (Wildman–Crippen MR) is 58.5 cm³/mol. The molecule has 0 aliphatic rings. The van der Waals surface area contributed by atoms with E-state index in [0.29, 0.717) is 4.88 Å². The van der Waals surface area contributed by atoms with Crippen molar-refractivity contribution in [3.63, 3.8) is 0 Å². The van der Waals surface area contributed by atoms with Crippen molar-refractivity contribution in [1.82, 2.24) is 10.1 Å². The summed E-state index contributed by atoms with van der Waals surface area (Å²) in [5.74, 6) is 3.00. The lowest BCUT2D eigenvalue weighted by molar-refractivity contribution is -0.159. The van der Waals surface area contributed by atoms with Gasteiger partial charge in [-0.1, -0.05) is 5.16 Å². The molecule has 2 heterocycles. The van der Waals surface area contributed by atoms with Crippen LogP contribution in [0.1, 0.15) is 10.8 Å². The van der Waals surface area contributed by atoms with E-state index in [1.807, 2.05) is 6.92 Å². The van der Waals surface area contributed by atoms with Gasteiger partial charge in [-0.15, -0.1) is 11.3 Å². The molecular formula is C9H10F3N3O2S. The molecule has 0 saturated carbocycles. The molecule has 0 saturated heterocycles. The van der Waals surface area contributed by atoms with E-state index < -0.39 is 12.1 Å². The van der Waals surface area contributed by atoms with Gasteiger partial charge in [-0.05, 0) is 19.1 Å². The summed E-state index contributed by atoms with van der Waals surface area (Å²) in [6.07, 6.45) is -4.59. The molecule has 0 aliphatic carbocycles. The predicted octanol–water partition coefficient (Wildman–Crippen LogP) is 2.63. The molecule has 0 atom stereocenters. The van der Waals surface area contributed by atoms with Crippen LogP contribution >= 0.6 is 11.3 Å². The second-order valence-corrected chi connectivity index (χ2v) is 4.35. The molecule has 0 aliphatic heterocycles. The molecule has 0 bridgehead atoms. The standard InChI is InChI=1S/C8H5F3N2OS.CH5NO/c1-4-2-3-5(15-4)6-12-7(14-13-6)8(9,10)11;1-3-2/h2-3H,1H3;2H2,1H3. The van der Waals surface area contributed by atoms with Crippen molar-refractivity contribution in [2.24, 2.45) is 5.90 Å². The van der Waals surface area contributed by atoms with Crippen molar-refractivity contribution in [3.05, 3.63) is 22.9 Å². The van der Waals surface area contributed by atoms with Crippen molar-refractivity contribution in [1.29, 1.82) is 0 Å². The number of aromatic nitrogens is 2. The Hall–Kier alpha value is -1.45. The van der Waals surface area contributed by atoms with Crippen molar-refractivity contribution < 1.29 is 22.5 Å². The van der Waals surface area contributed by atoms with Crippen molar-refractivity contribution in [2.75, 3.05) is 7.11 Å². The van der Waals surface area contributed by atoms with Gasteiger partial charge in [0.25, 0.3) is 0 Å². The molecule has 9 heteroatoms. The zero-order chi connectivity index (χ0) is 13.8. The quantitative estimate of drug-likeness (QED) is 0.813. The van der Waals surface area contributed by atoms with Gasteiger partial charge < -0.3 is 9.36 Å². The van der Waals surface area contributed by atoms with Crippen LogP contribution in [0, 0.1) is 6.92 Å². The van der Waals surface area contributed by atoms with Gasteiger partial charge in [0, 0.05) is 4.88 Å². The third-order valence-electron chi connectivity index (χ3n) is 1.63. The van der Waals surface area contributed by atoms with Crippen molar-refractivity contribution in [3.8, 4) is 10.7 Å². The first-order valence-electron chi connectivity index (χ1n) is 4.59. The van der Waals surface area contributed by atoms with Crippen LogP contribution in [0.4, 0.5) is 13.2 Å². The third-order valence-corrected chi connectivity index (χ3v) is 2.63. The average molecular weight is 281 g/mol. The van der Waals surface area contributed by atoms with Crippen LogP contribution < -0.4 is 5.90 Å². The summed E-state index contributed by atoms with van der Waals surface area (Å²) in [5.41, 5.74) is 0. The maximum Gasteiger partial charge on any atom is 0.471 e. The van der Waals surface area contributed by atoms with E-state index in [-0.39, 0.29) is 5.82 Å². The number of thiophene rings is 1. The zero-order valence-corrected chi connectivity index (χ0v) is 10.3. The average Bonchev–Trinajstić information content (AvgIpc) is 2.85. The van der Waals surface area contributed by atoms with Gasteiger partial charge in [0.1, 0.15) is 0 Å². The molecule has 18 heavy (non-hydrogen) atoms. The number of halogens is 3. The third kappa shape index (κ3) is 3.79. The van der Waals surface area contributed by atoms with Crippen LogP contribution in [0.2, 0.25) is 0 Å². The van der Waals surface area contributed by atoms with E-state index in [4.69, 9.17) is 0 Å². The van der Waals surface area contributed by atoms with Crippen molar-refractivity contribution >= 4 is 11.3 Å². The number of aryl methyl sites for hydroxylation is 1. The van der Waals surface area contributed by atoms with Crippen LogP contribution in [0.15, 0.2) is 16.7 Å². The summed E-state index contributed by atoms with van der Waals surface area (Å²) >= 11 is 1.31. The molecular weight excluding hydrogens is 271 g/mol. The molecule has 2 aromatic heterocycles. The molecule has 0 spiro atoms. The minimum Gasteiger partial charge on any atom is -0.329 e. The van der Waals surface area contributed by atoms with Gasteiger partial charge in [-0.2, -0.15) is 18.2 Å². The summed E-state index contributed by atoms with van der Waals surface area (Å²) in [6.45, 7) is 1.85. The number of alkyl halides is 3. The van der Waals surface area contributed by atoms with Gasteiger partial charge in [0.15, 0.2) is 0 Å². The maximum atomic E-state index is 12.1. The van der Waals surface area contributed by atoms with Gasteiger partial charge in [-0.3, -0.25) is 0 Å². The molecule has 5 nitrogen and oxygen atoms in total. The Kier molecular flexibility index (Phi) is 4.82. The van der Waals surface area contributed by atoms with E-state index >= 15 is 0 Å². The van der Waals surface area contributed by atoms with Gasteiger partial charge in [-0.25, -0.2) is 5.90 Å². The van der Waals surface area contributed by atoms with Crippen LogP contribution in [-0.4, -0.2) is 17.3 Å². The summed E-state index contributed by atoms with van der Waals surface area (Å²) < 4.78 is 40.5. The molecule has 100 valence electrons. The first-order valence-corrected chi connectivity index (χ1v) is 5.40. The fraction of sp³-hybridized carbons (Fsp3) is 0.333. The van der Waals surface area contributed by atoms with E-state index in [0.717, 1.165) is 4.88 Å². The molecule has 0 fully saturated rings. The number of rotatable bonds is 1. The first kappa shape index (κ1) is 14.6. The second kappa shape index (κ2) is 5.94. The van der Waals surface area contributed by atoms with E-state index in [9.17, 15) is 13.2 Å². The Labute approximate surface area is 104 Å². The molecule has 0 radical (unpaired) electrons. The van der Waals surface area contributed by atoms with Crippen molar-refractivity contribution in [2.45, 2.75) is 13.1 Å². The van der Waals surface area contributed by atoms with Gasteiger partial charge in [0.05, 0.1) is 12.0 Å². The molecule has 0 aromatic carbocycles. The van der Waals surface area contributed by atoms with Crippen LogP contribution in [0.3, 0.4) is 0 Å². The van der Waals surface area contributed by atoms with E-state index in [1.165, 1.54) is 18.4 Å². The van der Waals surface area contributed by atoms with E-state index in [1.54, 1.807) is 12.1 Å². The monoisotopic (exact) mass is 281 g/mol. The first-order chi connectivity index (χ1) is 8.38. The molecule has 2 rings (SSSR count). The molecule has 2 N–H and O–H groups in total. The zero-order valence-electron chi connectivity index (χ0n) is 9.49. The van der Waals surface area contributed by atoms with Crippen LogP contribution in [0.25, 0.3) is 10.7 Å². The highest BCUT2D eigenvalue weighted by Gasteiger charge is 2.38. The Bertz CT molecular complexity index is 495. The lowest BCUT2D eigenvalue weighted by Gasteiger charge is -1.95. The summed E-state index contributed by atoms with van der Waals surface area (Å²) in [5, 5.41) is 3.27. The lowest BCUT2D eigenvalue weighted by atomic mass is 10.4. The lowest BCUT2D eigenvalue weighted by Crippen LogP contribution is -2.04. The normalized spacial score (nSPS) is 11.0. The second-order valence-electron chi connectivity index (χ2n) is 3.07. The number of nitrogens with two attached hydrogens (primary N) is 1. The Morgan fingerprint density at radius 1 is 1.39 bits per heavy atom. The number of nitrogens with zero attached hydrogens (tertiary/aromatic N) is 2. The summed E-state index contributed by atoms with van der Waals surface area (Å²) in [7, 11) is 1.40. The maximum absolute atomic E-state index is 12.1. The molecule has 0 amide bonds. The number of hydrogen-bond acceptors (Lipinski definition) is 6. The highest BCUT2D eigenvalue weighted by atomic mass is 32.1. The summed E-state index contributed by atoms with van der Waals surface area (Å²) in [4.78, 5) is 8.56. The fourth-order valence-electron chi connectivity index (χ4n) is 0.993.